The van der Waals surface area contributed by atoms with Crippen LogP contribution >= 0.6 is 22.6 Å². The van der Waals surface area contributed by atoms with Crippen molar-refractivity contribution in [3.8, 4) is 0 Å². The fourth-order valence-electron chi connectivity index (χ4n) is 2.52. The Balaban J connectivity index is 1.85. The fourth-order valence-corrected chi connectivity index (χ4v) is 2.88. The smallest absolute Gasteiger partial charge is 0.279 e. The second kappa shape index (κ2) is 7.03. The van der Waals surface area contributed by atoms with Gasteiger partial charge in [0.1, 0.15) is 0 Å². The lowest BCUT2D eigenvalue weighted by atomic mass is 9.97. The molecule has 1 heterocycles. The largest absolute Gasteiger partial charge is 0.369 e. The monoisotopic (exact) mass is 388 g/mol. The summed E-state index contributed by atoms with van der Waals surface area (Å²) in [6.45, 7) is 1.97. The van der Waals surface area contributed by atoms with Crippen LogP contribution < -0.4 is 16.0 Å². The number of likely N-dealkylation sites (tertiary alicyclic amines) is 1. The van der Waals surface area contributed by atoms with Gasteiger partial charge in [-0.3, -0.25) is 9.59 Å². The second-order valence-electron chi connectivity index (χ2n) is 5.18. The molecule has 0 bridgehead atoms. The van der Waals surface area contributed by atoms with Gasteiger partial charge in [0.15, 0.2) is 6.54 Å². The van der Waals surface area contributed by atoms with Crippen LogP contribution in [0.1, 0.15) is 12.8 Å². The number of primary amides is 1. The molecule has 0 saturated carbocycles. The van der Waals surface area contributed by atoms with E-state index in [0.29, 0.717) is 13.1 Å². The van der Waals surface area contributed by atoms with Crippen LogP contribution in [0, 0.1) is 9.49 Å². The standard InChI is InChI=1S/C14H18IN3O2/c15-11-3-5-12(6-4-11)17-13(19)9-18-7-1-2-10(8-18)14(16)20/h3-6,10H,1-2,7-9H2,(H2,16,20)(H,17,19)/p+1/t10-/m1/s1. The highest BCUT2D eigenvalue weighted by atomic mass is 127. The lowest BCUT2D eigenvalue weighted by Crippen LogP contribution is -3.14. The number of carbonyl (C=O) groups excluding carboxylic acids is 2. The van der Waals surface area contributed by atoms with Crippen LogP contribution in [-0.2, 0) is 9.59 Å². The fraction of sp³-hybridized carbons (Fsp3) is 0.429. The molecule has 0 radical (unpaired) electrons. The Kier molecular flexibility index (Phi) is 5.36. The number of quaternary nitrogens is 1. The van der Waals surface area contributed by atoms with E-state index in [4.69, 9.17) is 5.73 Å². The molecule has 2 atom stereocenters. The third-order valence-corrected chi connectivity index (χ3v) is 4.28. The number of amides is 2. The molecule has 0 aliphatic carbocycles. The molecule has 6 heteroatoms. The van der Waals surface area contributed by atoms with Crippen molar-refractivity contribution in [2.45, 2.75) is 12.8 Å². The first-order valence-corrected chi connectivity index (χ1v) is 7.81. The van der Waals surface area contributed by atoms with E-state index in [9.17, 15) is 9.59 Å². The summed E-state index contributed by atoms with van der Waals surface area (Å²) in [6.07, 6.45) is 1.79. The third-order valence-electron chi connectivity index (χ3n) is 3.56. The maximum Gasteiger partial charge on any atom is 0.279 e. The third kappa shape index (κ3) is 4.45. The molecule has 1 aromatic rings. The number of nitrogens with one attached hydrogen (secondary N) is 2. The van der Waals surface area contributed by atoms with Crippen molar-refractivity contribution in [3.63, 3.8) is 0 Å². The van der Waals surface area contributed by atoms with Crippen LogP contribution in [0.25, 0.3) is 0 Å². The number of piperidine rings is 1. The molecule has 2 rings (SSSR count). The van der Waals surface area contributed by atoms with E-state index >= 15 is 0 Å². The van der Waals surface area contributed by atoms with Crippen molar-refractivity contribution < 1.29 is 14.5 Å². The average molecular weight is 388 g/mol. The zero-order chi connectivity index (χ0) is 14.5. The Bertz CT molecular complexity index is 490. The van der Waals surface area contributed by atoms with Gasteiger partial charge >= 0.3 is 0 Å². The molecular formula is C14H19IN3O2+. The molecule has 2 amide bonds. The molecule has 1 fully saturated rings. The van der Waals surface area contributed by atoms with Crippen LogP contribution in [0.3, 0.4) is 0 Å². The lowest BCUT2D eigenvalue weighted by Gasteiger charge is -2.27. The van der Waals surface area contributed by atoms with Gasteiger partial charge < -0.3 is 16.0 Å². The molecule has 1 aromatic carbocycles. The van der Waals surface area contributed by atoms with Gasteiger partial charge in [0.25, 0.3) is 5.91 Å². The van der Waals surface area contributed by atoms with Crippen molar-refractivity contribution in [1.29, 1.82) is 0 Å². The number of nitrogens with two attached hydrogens (primary N) is 1. The molecule has 0 aromatic heterocycles. The van der Waals surface area contributed by atoms with E-state index in [1.54, 1.807) is 0 Å². The minimum absolute atomic E-state index is 0.0219. The second-order valence-corrected chi connectivity index (χ2v) is 6.42. The number of carbonyl (C=O) groups is 2. The molecule has 1 aliphatic heterocycles. The highest BCUT2D eigenvalue weighted by Crippen LogP contribution is 2.10. The minimum atomic E-state index is -0.250. The molecule has 4 N–H and O–H groups in total. The summed E-state index contributed by atoms with van der Waals surface area (Å²) in [6, 6.07) is 7.68. The molecule has 108 valence electrons. The Hall–Kier alpha value is -1.15. The lowest BCUT2D eigenvalue weighted by molar-refractivity contribution is -0.899. The summed E-state index contributed by atoms with van der Waals surface area (Å²) in [5.41, 5.74) is 6.15. The number of halogens is 1. The minimum Gasteiger partial charge on any atom is -0.369 e. The first-order chi connectivity index (χ1) is 9.54. The van der Waals surface area contributed by atoms with Crippen molar-refractivity contribution in [3.05, 3.63) is 27.8 Å². The van der Waals surface area contributed by atoms with Gasteiger partial charge in [0.2, 0.25) is 5.91 Å². The topological polar surface area (TPSA) is 76.6 Å². The number of rotatable bonds is 4. The van der Waals surface area contributed by atoms with Crippen molar-refractivity contribution in [2.75, 3.05) is 25.0 Å². The van der Waals surface area contributed by atoms with E-state index in [-0.39, 0.29) is 17.7 Å². The van der Waals surface area contributed by atoms with Crippen LogP contribution in [-0.4, -0.2) is 31.4 Å². The van der Waals surface area contributed by atoms with Gasteiger partial charge in [-0.05, 0) is 59.7 Å². The van der Waals surface area contributed by atoms with Gasteiger partial charge in [-0.2, -0.15) is 0 Å². The first kappa shape index (κ1) is 15.2. The summed E-state index contributed by atoms with van der Waals surface area (Å²) < 4.78 is 1.13. The maximum atomic E-state index is 12.0. The maximum absolute atomic E-state index is 12.0. The Morgan fingerprint density at radius 1 is 1.35 bits per heavy atom. The molecule has 0 spiro atoms. The summed E-state index contributed by atoms with van der Waals surface area (Å²) in [7, 11) is 0. The quantitative estimate of drug-likeness (QED) is 0.636. The van der Waals surface area contributed by atoms with E-state index in [2.05, 4.69) is 27.9 Å². The van der Waals surface area contributed by atoms with Crippen LogP contribution in [0.5, 0.6) is 0 Å². The van der Waals surface area contributed by atoms with Crippen LogP contribution in [0.2, 0.25) is 0 Å². The summed E-state index contributed by atoms with van der Waals surface area (Å²) in [4.78, 5) is 24.3. The molecule has 20 heavy (non-hydrogen) atoms. The van der Waals surface area contributed by atoms with E-state index in [0.717, 1.165) is 33.5 Å². The predicted octanol–water partition coefficient (Wildman–Crippen LogP) is 0.00990. The van der Waals surface area contributed by atoms with E-state index in [1.807, 2.05) is 24.3 Å². The highest BCUT2D eigenvalue weighted by Gasteiger charge is 2.28. The van der Waals surface area contributed by atoms with Crippen molar-refractivity contribution >= 4 is 40.1 Å². The van der Waals surface area contributed by atoms with Crippen molar-refractivity contribution in [2.24, 2.45) is 11.7 Å². The number of hydrogen-bond donors (Lipinski definition) is 3. The van der Waals surface area contributed by atoms with Gasteiger partial charge in [-0.15, -0.1) is 0 Å². The number of benzene rings is 1. The summed E-state index contributed by atoms with van der Waals surface area (Å²) in [5.74, 6) is -0.364. The highest BCUT2D eigenvalue weighted by molar-refractivity contribution is 14.1. The Labute approximate surface area is 132 Å². The first-order valence-electron chi connectivity index (χ1n) is 6.73. The molecular weight excluding hydrogens is 369 g/mol. The number of anilines is 1. The van der Waals surface area contributed by atoms with Gasteiger partial charge in [0, 0.05) is 9.26 Å². The molecule has 1 aliphatic rings. The molecule has 1 unspecified atom stereocenters. The zero-order valence-corrected chi connectivity index (χ0v) is 13.4. The van der Waals surface area contributed by atoms with Gasteiger partial charge in [-0.1, -0.05) is 0 Å². The number of hydrogen-bond acceptors (Lipinski definition) is 2. The summed E-state index contributed by atoms with van der Waals surface area (Å²) >= 11 is 2.22. The summed E-state index contributed by atoms with van der Waals surface area (Å²) in [5, 5.41) is 2.88. The van der Waals surface area contributed by atoms with Gasteiger partial charge in [0.05, 0.1) is 19.0 Å². The van der Waals surface area contributed by atoms with Gasteiger partial charge in [-0.25, -0.2) is 0 Å². The average Bonchev–Trinajstić information content (AvgIpc) is 2.41. The van der Waals surface area contributed by atoms with E-state index < -0.39 is 0 Å². The molecule has 1 saturated heterocycles. The van der Waals surface area contributed by atoms with Crippen molar-refractivity contribution in [1.82, 2.24) is 0 Å². The van der Waals surface area contributed by atoms with Crippen LogP contribution in [0.4, 0.5) is 5.69 Å². The SMILES string of the molecule is NC(=O)[C@@H]1CCC[NH+](CC(=O)Nc2ccc(I)cc2)C1. The molecule has 5 nitrogen and oxygen atoms in total. The predicted molar refractivity (Wildman–Crippen MR) is 85.3 cm³/mol. The van der Waals surface area contributed by atoms with Crippen LogP contribution in [0.15, 0.2) is 24.3 Å². The normalized spacial score (nSPS) is 22.2. The van der Waals surface area contributed by atoms with E-state index in [1.165, 1.54) is 0 Å². The Morgan fingerprint density at radius 3 is 2.70 bits per heavy atom. The zero-order valence-electron chi connectivity index (χ0n) is 11.2. The Morgan fingerprint density at radius 2 is 2.05 bits per heavy atom.